The SMILES string of the molecule is CC(C(=O)NCc1cc(C(F)(F)F)nn1-c1cccc(Cl)c1)c1cccc(F)c1. The van der Waals surface area contributed by atoms with E-state index in [1.165, 1.54) is 24.3 Å². The molecule has 0 aliphatic carbocycles. The van der Waals surface area contributed by atoms with Crippen molar-refractivity contribution in [1.82, 2.24) is 15.1 Å². The number of halogens is 5. The predicted octanol–water partition coefficient (Wildman–Crippen LogP) is 5.10. The summed E-state index contributed by atoms with van der Waals surface area (Å²) in [5.41, 5.74) is -0.170. The van der Waals surface area contributed by atoms with Crippen molar-refractivity contribution in [2.24, 2.45) is 0 Å². The summed E-state index contributed by atoms with van der Waals surface area (Å²) in [4.78, 5) is 12.4. The maximum absolute atomic E-state index is 13.4. The summed E-state index contributed by atoms with van der Waals surface area (Å²) in [6.07, 6.45) is -4.64. The van der Waals surface area contributed by atoms with Gasteiger partial charge in [-0.2, -0.15) is 18.3 Å². The predicted molar refractivity (Wildman–Crippen MR) is 100 cm³/mol. The van der Waals surface area contributed by atoms with Crippen LogP contribution in [0.3, 0.4) is 0 Å². The molecule has 0 saturated carbocycles. The first kappa shape index (κ1) is 20.9. The zero-order valence-electron chi connectivity index (χ0n) is 15.2. The number of nitrogens with one attached hydrogen (secondary N) is 1. The van der Waals surface area contributed by atoms with Gasteiger partial charge < -0.3 is 5.32 Å². The summed E-state index contributed by atoms with van der Waals surface area (Å²) in [6.45, 7) is 1.38. The lowest BCUT2D eigenvalue weighted by atomic mass is 10.0. The lowest BCUT2D eigenvalue weighted by Gasteiger charge is -2.13. The minimum absolute atomic E-state index is 0.124. The largest absolute Gasteiger partial charge is 0.435 e. The van der Waals surface area contributed by atoms with Crippen molar-refractivity contribution in [2.45, 2.75) is 25.6 Å². The minimum Gasteiger partial charge on any atom is -0.350 e. The van der Waals surface area contributed by atoms with Gasteiger partial charge in [0.1, 0.15) is 5.82 Å². The van der Waals surface area contributed by atoms with Crippen LogP contribution in [-0.4, -0.2) is 15.7 Å². The standard InChI is InChI=1S/C20H16ClF4N3O/c1-12(13-4-2-6-15(22)8-13)19(29)26-11-17-10-18(20(23,24)25)27-28(17)16-7-3-5-14(21)9-16/h2-10,12H,11H2,1H3,(H,26,29). The molecule has 4 nitrogen and oxygen atoms in total. The second-order valence-electron chi connectivity index (χ2n) is 6.40. The van der Waals surface area contributed by atoms with E-state index in [1.54, 1.807) is 31.2 Å². The van der Waals surface area contributed by atoms with Crippen molar-refractivity contribution >= 4 is 17.5 Å². The van der Waals surface area contributed by atoms with Gasteiger partial charge in [0, 0.05) is 5.02 Å². The summed E-state index contributed by atoms with van der Waals surface area (Å²) in [5, 5.41) is 6.54. The van der Waals surface area contributed by atoms with Crippen molar-refractivity contribution in [3.63, 3.8) is 0 Å². The molecule has 29 heavy (non-hydrogen) atoms. The quantitative estimate of drug-likeness (QED) is 0.578. The van der Waals surface area contributed by atoms with Crippen LogP contribution in [0.5, 0.6) is 0 Å². The number of amides is 1. The van der Waals surface area contributed by atoms with Crippen molar-refractivity contribution in [1.29, 1.82) is 0 Å². The molecule has 0 radical (unpaired) electrons. The Bertz CT molecular complexity index is 1030. The van der Waals surface area contributed by atoms with Gasteiger partial charge in [0.05, 0.1) is 23.8 Å². The van der Waals surface area contributed by atoms with Crippen LogP contribution >= 0.6 is 11.6 Å². The molecule has 1 unspecified atom stereocenters. The van der Waals surface area contributed by atoms with E-state index in [1.807, 2.05) is 0 Å². The Morgan fingerprint density at radius 1 is 1.17 bits per heavy atom. The fourth-order valence-electron chi connectivity index (χ4n) is 2.77. The lowest BCUT2D eigenvalue weighted by molar-refractivity contribution is -0.141. The van der Waals surface area contributed by atoms with Crippen molar-refractivity contribution in [3.8, 4) is 5.69 Å². The van der Waals surface area contributed by atoms with Gasteiger partial charge >= 0.3 is 6.18 Å². The summed E-state index contributed by atoms with van der Waals surface area (Å²) < 4.78 is 53.9. The number of carbonyl (C=O) groups is 1. The third-order valence-corrected chi connectivity index (χ3v) is 4.55. The van der Waals surface area contributed by atoms with Crippen LogP contribution in [0.15, 0.2) is 54.6 Å². The molecule has 3 rings (SSSR count). The minimum atomic E-state index is -4.64. The van der Waals surface area contributed by atoms with Gasteiger partial charge in [-0.15, -0.1) is 0 Å². The molecule has 1 N–H and O–H groups in total. The summed E-state index contributed by atoms with van der Waals surface area (Å²) in [7, 11) is 0. The summed E-state index contributed by atoms with van der Waals surface area (Å²) in [6, 6.07) is 12.6. The molecule has 9 heteroatoms. The second-order valence-corrected chi connectivity index (χ2v) is 6.84. The molecule has 3 aromatic rings. The van der Waals surface area contributed by atoms with Crippen molar-refractivity contribution in [3.05, 3.63) is 82.4 Å². The molecular formula is C20H16ClF4N3O. The molecule has 0 aliphatic heterocycles. The number of alkyl halides is 3. The van der Waals surface area contributed by atoms with Gasteiger partial charge in [-0.3, -0.25) is 4.79 Å². The Morgan fingerprint density at radius 2 is 1.90 bits per heavy atom. The molecule has 152 valence electrons. The van der Waals surface area contributed by atoms with Gasteiger partial charge in [-0.1, -0.05) is 29.8 Å². The first-order valence-corrected chi connectivity index (χ1v) is 8.98. The molecule has 0 aliphatic rings. The van der Waals surface area contributed by atoms with Crippen LogP contribution < -0.4 is 5.32 Å². The zero-order valence-corrected chi connectivity index (χ0v) is 15.9. The zero-order chi connectivity index (χ0) is 21.2. The van der Waals surface area contributed by atoms with Crippen LogP contribution in [0.25, 0.3) is 5.69 Å². The molecule has 1 atom stereocenters. The molecule has 1 amide bonds. The maximum Gasteiger partial charge on any atom is 0.435 e. The highest BCUT2D eigenvalue weighted by Gasteiger charge is 2.35. The number of hydrogen-bond acceptors (Lipinski definition) is 2. The van der Waals surface area contributed by atoms with E-state index in [2.05, 4.69) is 10.4 Å². The average molecular weight is 426 g/mol. The fourth-order valence-corrected chi connectivity index (χ4v) is 2.96. The number of hydrogen-bond donors (Lipinski definition) is 1. The second kappa shape index (κ2) is 8.24. The van der Waals surface area contributed by atoms with E-state index >= 15 is 0 Å². The summed E-state index contributed by atoms with van der Waals surface area (Å²) in [5.74, 6) is -1.62. The van der Waals surface area contributed by atoms with E-state index in [0.29, 0.717) is 16.3 Å². The molecule has 0 saturated heterocycles. The Kier molecular flexibility index (Phi) is 5.93. The fraction of sp³-hybridized carbons (Fsp3) is 0.200. The van der Waals surface area contributed by atoms with Gasteiger partial charge in [0.2, 0.25) is 5.91 Å². The summed E-state index contributed by atoms with van der Waals surface area (Å²) >= 11 is 5.93. The Labute approximate surface area is 169 Å². The van der Waals surface area contributed by atoms with E-state index < -0.39 is 29.5 Å². The van der Waals surface area contributed by atoms with Gasteiger partial charge in [0.15, 0.2) is 5.69 Å². The van der Waals surface area contributed by atoms with Crippen LogP contribution in [0.1, 0.15) is 29.8 Å². The van der Waals surface area contributed by atoms with Gasteiger partial charge in [-0.05, 0) is 48.9 Å². The monoisotopic (exact) mass is 425 g/mol. The third kappa shape index (κ3) is 4.95. The average Bonchev–Trinajstić information content (AvgIpc) is 3.10. The van der Waals surface area contributed by atoms with E-state index in [0.717, 1.165) is 10.7 Å². The van der Waals surface area contributed by atoms with Crippen LogP contribution in [0.2, 0.25) is 5.02 Å². The normalized spacial score (nSPS) is 12.6. The topological polar surface area (TPSA) is 46.9 Å². The maximum atomic E-state index is 13.4. The number of aromatic nitrogens is 2. The number of carbonyl (C=O) groups excluding carboxylic acids is 1. The molecule has 0 spiro atoms. The number of benzene rings is 2. The van der Waals surface area contributed by atoms with Crippen molar-refractivity contribution < 1.29 is 22.4 Å². The Hall–Kier alpha value is -2.87. The molecule has 0 bridgehead atoms. The van der Waals surface area contributed by atoms with Gasteiger partial charge in [0.25, 0.3) is 0 Å². The highest BCUT2D eigenvalue weighted by atomic mass is 35.5. The van der Waals surface area contributed by atoms with E-state index in [-0.39, 0.29) is 12.2 Å². The third-order valence-electron chi connectivity index (χ3n) is 4.31. The van der Waals surface area contributed by atoms with Crippen molar-refractivity contribution in [2.75, 3.05) is 0 Å². The number of nitrogens with zero attached hydrogens (tertiary/aromatic N) is 2. The first-order valence-electron chi connectivity index (χ1n) is 8.60. The van der Waals surface area contributed by atoms with Crippen LogP contribution in [0.4, 0.5) is 17.6 Å². The molecule has 0 fully saturated rings. The Morgan fingerprint density at radius 3 is 2.55 bits per heavy atom. The smallest absolute Gasteiger partial charge is 0.350 e. The molecule has 1 heterocycles. The first-order chi connectivity index (χ1) is 13.6. The highest BCUT2D eigenvalue weighted by molar-refractivity contribution is 6.30. The molecule has 2 aromatic carbocycles. The van der Waals surface area contributed by atoms with E-state index in [4.69, 9.17) is 11.6 Å². The van der Waals surface area contributed by atoms with Crippen LogP contribution in [0, 0.1) is 5.82 Å². The number of rotatable bonds is 5. The molecular weight excluding hydrogens is 410 g/mol. The van der Waals surface area contributed by atoms with Gasteiger partial charge in [-0.25, -0.2) is 9.07 Å². The van der Waals surface area contributed by atoms with Crippen LogP contribution in [-0.2, 0) is 17.5 Å². The molecule has 1 aromatic heterocycles. The highest BCUT2D eigenvalue weighted by Crippen LogP contribution is 2.30. The Balaban J connectivity index is 1.84. The lowest BCUT2D eigenvalue weighted by Crippen LogP contribution is -2.28. The van der Waals surface area contributed by atoms with E-state index in [9.17, 15) is 22.4 Å².